The molecule has 1 aromatic carbocycles. The Morgan fingerprint density at radius 2 is 2.29 bits per heavy atom. The average Bonchev–Trinajstić information content (AvgIpc) is 2.18. The zero-order valence-corrected chi connectivity index (χ0v) is 8.09. The topological polar surface area (TPSA) is 33.0 Å². The van der Waals surface area contributed by atoms with Crippen LogP contribution in [0.25, 0.3) is 0 Å². The molecule has 74 valence electrons. The summed E-state index contributed by atoms with van der Waals surface area (Å²) in [4.78, 5) is 0. The van der Waals surface area contributed by atoms with E-state index in [1.807, 2.05) is 6.92 Å². The van der Waals surface area contributed by atoms with Crippen molar-refractivity contribution in [1.29, 1.82) is 5.26 Å². The lowest BCUT2D eigenvalue weighted by Gasteiger charge is -2.06. The molecule has 3 heteroatoms. The van der Waals surface area contributed by atoms with E-state index in [-0.39, 0.29) is 5.56 Å². The summed E-state index contributed by atoms with van der Waals surface area (Å²) in [6.07, 6.45) is 1.92. The second kappa shape index (κ2) is 5.23. The number of hydrogen-bond acceptors (Lipinski definition) is 2. The van der Waals surface area contributed by atoms with Gasteiger partial charge in [0.2, 0.25) is 0 Å². The minimum Gasteiger partial charge on any atom is -0.492 e. The predicted molar refractivity (Wildman–Crippen MR) is 51.5 cm³/mol. The van der Waals surface area contributed by atoms with Gasteiger partial charge < -0.3 is 4.74 Å². The van der Waals surface area contributed by atoms with Crippen molar-refractivity contribution in [1.82, 2.24) is 0 Å². The van der Waals surface area contributed by atoms with Crippen LogP contribution in [0.4, 0.5) is 4.39 Å². The zero-order valence-electron chi connectivity index (χ0n) is 8.09. The van der Waals surface area contributed by atoms with Gasteiger partial charge in [-0.25, -0.2) is 4.39 Å². The molecule has 0 saturated heterocycles. The van der Waals surface area contributed by atoms with Crippen molar-refractivity contribution in [3.63, 3.8) is 0 Å². The maximum Gasteiger partial charge on any atom is 0.144 e. The molecule has 0 aromatic heterocycles. The SMILES string of the molecule is CCCCOc1cccc(F)c1C#N. The number of nitrogens with zero attached hydrogens (tertiary/aromatic N) is 1. The van der Waals surface area contributed by atoms with Crippen molar-refractivity contribution in [2.24, 2.45) is 0 Å². The standard InChI is InChI=1S/C11H12FNO/c1-2-3-7-14-11-6-4-5-10(12)9(11)8-13/h4-6H,2-3,7H2,1H3. The molecule has 0 aliphatic rings. The Kier molecular flexibility index (Phi) is 3.93. The summed E-state index contributed by atoms with van der Waals surface area (Å²) in [5.41, 5.74) is -0.0106. The van der Waals surface area contributed by atoms with Crippen molar-refractivity contribution in [2.75, 3.05) is 6.61 Å². The first-order chi connectivity index (χ1) is 6.79. The van der Waals surface area contributed by atoms with Gasteiger partial charge in [0.25, 0.3) is 0 Å². The molecule has 0 aliphatic heterocycles. The third-order valence-corrected chi connectivity index (χ3v) is 1.84. The Morgan fingerprint density at radius 1 is 1.50 bits per heavy atom. The number of benzene rings is 1. The smallest absolute Gasteiger partial charge is 0.144 e. The molecule has 0 bridgehead atoms. The second-order valence-electron chi connectivity index (χ2n) is 2.93. The highest BCUT2D eigenvalue weighted by Gasteiger charge is 2.07. The number of halogens is 1. The summed E-state index contributed by atoms with van der Waals surface area (Å²) >= 11 is 0. The van der Waals surface area contributed by atoms with Gasteiger partial charge >= 0.3 is 0 Å². The first-order valence-corrected chi connectivity index (χ1v) is 4.61. The van der Waals surface area contributed by atoms with Gasteiger partial charge in [-0.3, -0.25) is 0 Å². The molecule has 2 nitrogen and oxygen atoms in total. The molecule has 0 atom stereocenters. The van der Waals surface area contributed by atoms with Gasteiger partial charge in [-0.2, -0.15) is 5.26 Å². The normalized spacial score (nSPS) is 9.50. The van der Waals surface area contributed by atoms with E-state index in [1.54, 1.807) is 12.1 Å². The summed E-state index contributed by atoms with van der Waals surface area (Å²) in [5, 5.41) is 8.69. The monoisotopic (exact) mass is 193 g/mol. The van der Waals surface area contributed by atoms with Crippen molar-refractivity contribution >= 4 is 0 Å². The molecule has 0 spiro atoms. The molecule has 0 saturated carbocycles. The van der Waals surface area contributed by atoms with Crippen LogP contribution in [0.1, 0.15) is 25.3 Å². The van der Waals surface area contributed by atoms with Gasteiger partial charge in [-0.1, -0.05) is 19.4 Å². The molecule has 0 heterocycles. The van der Waals surface area contributed by atoms with E-state index < -0.39 is 5.82 Å². The van der Waals surface area contributed by atoms with Crippen molar-refractivity contribution in [3.8, 4) is 11.8 Å². The van der Waals surface area contributed by atoms with Gasteiger partial charge in [0, 0.05) is 0 Å². The first kappa shape index (κ1) is 10.5. The Balaban J connectivity index is 2.76. The number of unbranched alkanes of at least 4 members (excludes halogenated alkanes) is 1. The zero-order chi connectivity index (χ0) is 10.4. The van der Waals surface area contributed by atoms with Crippen LogP contribution in [-0.4, -0.2) is 6.61 Å². The van der Waals surface area contributed by atoms with Gasteiger partial charge in [0.05, 0.1) is 6.61 Å². The molecule has 0 N–H and O–H groups in total. The van der Waals surface area contributed by atoms with Crippen molar-refractivity contribution < 1.29 is 9.13 Å². The minimum absolute atomic E-state index is 0.0106. The summed E-state index contributed by atoms with van der Waals surface area (Å²) in [5.74, 6) is -0.192. The van der Waals surface area contributed by atoms with E-state index >= 15 is 0 Å². The maximum atomic E-state index is 13.1. The van der Waals surface area contributed by atoms with Crippen LogP contribution in [0.3, 0.4) is 0 Å². The van der Waals surface area contributed by atoms with E-state index in [2.05, 4.69) is 0 Å². The Hall–Kier alpha value is -1.56. The third-order valence-electron chi connectivity index (χ3n) is 1.84. The summed E-state index contributed by atoms with van der Waals surface area (Å²) in [6, 6.07) is 6.19. The Morgan fingerprint density at radius 3 is 2.93 bits per heavy atom. The molecule has 0 unspecified atom stereocenters. The number of nitriles is 1. The summed E-state index contributed by atoms with van der Waals surface area (Å²) in [7, 11) is 0. The Bertz CT molecular complexity index is 344. The maximum absolute atomic E-state index is 13.1. The molecule has 0 amide bonds. The van der Waals surface area contributed by atoms with Gasteiger partial charge in [0.15, 0.2) is 0 Å². The van der Waals surface area contributed by atoms with E-state index in [1.165, 1.54) is 12.1 Å². The molecule has 1 aromatic rings. The van der Waals surface area contributed by atoms with E-state index in [0.29, 0.717) is 12.4 Å². The second-order valence-corrected chi connectivity index (χ2v) is 2.93. The minimum atomic E-state index is -0.526. The van der Waals surface area contributed by atoms with Crippen LogP contribution < -0.4 is 4.74 Å². The molecular weight excluding hydrogens is 181 g/mol. The molecular formula is C11H12FNO. The van der Waals surface area contributed by atoms with Gasteiger partial charge in [0.1, 0.15) is 23.2 Å². The molecule has 1 rings (SSSR count). The van der Waals surface area contributed by atoms with E-state index in [4.69, 9.17) is 10.00 Å². The molecule has 0 aliphatic carbocycles. The van der Waals surface area contributed by atoms with Crippen LogP contribution in [0.5, 0.6) is 5.75 Å². The van der Waals surface area contributed by atoms with Crippen molar-refractivity contribution in [3.05, 3.63) is 29.6 Å². The number of hydrogen-bond donors (Lipinski definition) is 0. The molecule has 14 heavy (non-hydrogen) atoms. The van der Waals surface area contributed by atoms with Crippen LogP contribution in [0.2, 0.25) is 0 Å². The van der Waals surface area contributed by atoms with Crippen LogP contribution in [0.15, 0.2) is 18.2 Å². The third kappa shape index (κ3) is 2.46. The van der Waals surface area contributed by atoms with Gasteiger partial charge in [-0.05, 0) is 18.6 Å². The van der Waals surface area contributed by atoms with Crippen LogP contribution in [0, 0.1) is 17.1 Å². The summed E-state index contributed by atoms with van der Waals surface area (Å²) in [6.45, 7) is 2.56. The lowest BCUT2D eigenvalue weighted by molar-refractivity contribution is 0.307. The first-order valence-electron chi connectivity index (χ1n) is 4.61. The fourth-order valence-corrected chi connectivity index (χ4v) is 1.06. The lowest BCUT2D eigenvalue weighted by atomic mass is 10.2. The summed E-state index contributed by atoms with van der Waals surface area (Å²) < 4.78 is 18.3. The highest BCUT2D eigenvalue weighted by atomic mass is 19.1. The van der Waals surface area contributed by atoms with Crippen LogP contribution in [-0.2, 0) is 0 Å². The highest BCUT2D eigenvalue weighted by molar-refractivity contribution is 5.43. The number of ether oxygens (including phenoxy) is 1. The van der Waals surface area contributed by atoms with Gasteiger partial charge in [-0.15, -0.1) is 0 Å². The quantitative estimate of drug-likeness (QED) is 0.689. The largest absolute Gasteiger partial charge is 0.492 e. The molecule has 0 fully saturated rings. The average molecular weight is 193 g/mol. The predicted octanol–water partition coefficient (Wildman–Crippen LogP) is 2.88. The van der Waals surface area contributed by atoms with Crippen LogP contribution >= 0.6 is 0 Å². The lowest BCUT2D eigenvalue weighted by Crippen LogP contribution is -1.99. The fourth-order valence-electron chi connectivity index (χ4n) is 1.06. The Labute approximate surface area is 82.9 Å². The van der Waals surface area contributed by atoms with E-state index in [9.17, 15) is 4.39 Å². The number of rotatable bonds is 4. The van der Waals surface area contributed by atoms with E-state index in [0.717, 1.165) is 12.8 Å². The molecule has 0 radical (unpaired) electrons. The fraction of sp³-hybridized carbons (Fsp3) is 0.364. The van der Waals surface area contributed by atoms with Crippen molar-refractivity contribution in [2.45, 2.75) is 19.8 Å². The highest BCUT2D eigenvalue weighted by Crippen LogP contribution is 2.20.